The lowest BCUT2D eigenvalue weighted by atomic mass is 9.96. The summed E-state index contributed by atoms with van der Waals surface area (Å²) in [6, 6.07) is 0.201. The smallest absolute Gasteiger partial charge is 0.383 e. The molecule has 0 amide bonds. The second kappa shape index (κ2) is 8.07. The number of halogens is 3. The molecule has 0 bridgehead atoms. The first-order valence-electron chi connectivity index (χ1n) is 6.98. The lowest BCUT2D eigenvalue weighted by Crippen LogP contribution is -2.47. The minimum Gasteiger partial charge on any atom is -0.383 e. The zero-order valence-corrected chi connectivity index (χ0v) is 11.8. The van der Waals surface area contributed by atoms with E-state index in [0.29, 0.717) is 19.7 Å². The molecule has 1 aliphatic heterocycles. The highest BCUT2D eigenvalue weighted by Gasteiger charge is 2.41. The molecule has 0 saturated carbocycles. The lowest BCUT2D eigenvalue weighted by Gasteiger charge is -2.35. The molecule has 0 aliphatic carbocycles. The van der Waals surface area contributed by atoms with E-state index in [1.165, 1.54) is 0 Å². The van der Waals surface area contributed by atoms with E-state index in [2.05, 4.69) is 17.1 Å². The van der Waals surface area contributed by atoms with Crippen molar-refractivity contribution < 1.29 is 17.9 Å². The van der Waals surface area contributed by atoms with Gasteiger partial charge in [0.05, 0.1) is 12.5 Å². The predicted molar refractivity (Wildman–Crippen MR) is 69.2 cm³/mol. The quantitative estimate of drug-likeness (QED) is 0.775. The fraction of sp³-hybridized carbons (Fsp3) is 1.00. The maximum absolute atomic E-state index is 12.6. The van der Waals surface area contributed by atoms with Gasteiger partial charge in [0.1, 0.15) is 0 Å². The van der Waals surface area contributed by atoms with E-state index in [4.69, 9.17) is 4.74 Å². The van der Waals surface area contributed by atoms with Crippen LogP contribution < -0.4 is 5.32 Å². The topological polar surface area (TPSA) is 24.5 Å². The SMILES string of the molecule is CCCNC(COC)CN1CCC(C(F)(F)F)CC1. The number of hydrogen-bond donors (Lipinski definition) is 1. The summed E-state index contributed by atoms with van der Waals surface area (Å²) in [5.41, 5.74) is 0. The van der Waals surface area contributed by atoms with Crippen LogP contribution in [0.3, 0.4) is 0 Å². The Labute approximate surface area is 113 Å². The molecule has 0 spiro atoms. The van der Waals surface area contributed by atoms with E-state index in [-0.39, 0.29) is 18.9 Å². The molecule has 1 atom stereocenters. The molecule has 1 unspecified atom stereocenters. The van der Waals surface area contributed by atoms with Crippen LogP contribution >= 0.6 is 0 Å². The molecule has 6 heteroatoms. The third-order valence-electron chi connectivity index (χ3n) is 3.58. The molecule has 0 aromatic heterocycles. The van der Waals surface area contributed by atoms with Gasteiger partial charge in [-0.3, -0.25) is 0 Å². The molecule has 1 rings (SSSR count). The van der Waals surface area contributed by atoms with Crippen LogP contribution in [0.25, 0.3) is 0 Å². The van der Waals surface area contributed by atoms with Crippen molar-refractivity contribution in [3.05, 3.63) is 0 Å². The van der Waals surface area contributed by atoms with Crippen LogP contribution in [0.2, 0.25) is 0 Å². The van der Waals surface area contributed by atoms with E-state index < -0.39 is 12.1 Å². The molecule has 1 fully saturated rings. The number of rotatable bonds is 7. The predicted octanol–water partition coefficient (Wildman–Crippen LogP) is 2.28. The molecule has 1 N–H and O–H groups in total. The van der Waals surface area contributed by atoms with Crippen molar-refractivity contribution in [2.75, 3.05) is 39.9 Å². The Bertz CT molecular complexity index is 241. The van der Waals surface area contributed by atoms with Crippen LogP contribution in [-0.2, 0) is 4.74 Å². The van der Waals surface area contributed by atoms with Crippen molar-refractivity contribution >= 4 is 0 Å². The maximum atomic E-state index is 12.6. The number of likely N-dealkylation sites (tertiary alicyclic amines) is 1. The Hall–Kier alpha value is -0.330. The summed E-state index contributed by atoms with van der Waals surface area (Å²) in [4.78, 5) is 2.11. The summed E-state index contributed by atoms with van der Waals surface area (Å²) in [5, 5.41) is 3.37. The highest BCUT2D eigenvalue weighted by atomic mass is 19.4. The van der Waals surface area contributed by atoms with Crippen LogP contribution in [0.5, 0.6) is 0 Å². The van der Waals surface area contributed by atoms with E-state index in [1.807, 2.05) is 0 Å². The first-order valence-corrected chi connectivity index (χ1v) is 6.98. The number of methoxy groups -OCH3 is 1. The monoisotopic (exact) mass is 282 g/mol. The van der Waals surface area contributed by atoms with Crippen molar-refractivity contribution in [2.45, 2.75) is 38.4 Å². The van der Waals surface area contributed by atoms with Gasteiger partial charge in [0.25, 0.3) is 0 Å². The highest BCUT2D eigenvalue weighted by molar-refractivity contribution is 4.80. The van der Waals surface area contributed by atoms with E-state index in [1.54, 1.807) is 7.11 Å². The standard InChI is InChI=1S/C13H25F3N2O/c1-3-6-17-12(10-19-2)9-18-7-4-11(5-8-18)13(14,15)16/h11-12,17H,3-10H2,1-2H3. The van der Waals surface area contributed by atoms with Crippen molar-refractivity contribution in [3.63, 3.8) is 0 Å². The Morgan fingerprint density at radius 3 is 2.42 bits per heavy atom. The summed E-state index contributed by atoms with van der Waals surface area (Å²) < 4.78 is 42.9. The van der Waals surface area contributed by atoms with Gasteiger partial charge in [-0.25, -0.2) is 0 Å². The zero-order chi connectivity index (χ0) is 14.3. The first-order chi connectivity index (χ1) is 8.97. The molecule has 3 nitrogen and oxygen atoms in total. The Balaban J connectivity index is 2.33. The van der Waals surface area contributed by atoms with Gasteiger partial charge >= 0.3 is 6.18 Å². The molecule has 1 aliphatic rings. The number of piperidine rings is 1. The first kappa shape index (κ1) is 16.7. The zero-order valence-electron chi connectivity index (χ0n) is 11.8. The second-order valence-corrected chi connectivity index (χ2v) is 5.22. The minimum atomic E-state index is -4.03. The van der Waals surface area contributed by atoms with Gasteiger partial charge in [0, 0.05) is 19.7 Å². The highest BCUT2D eigenvalue weighted by Crippen LogP contribution is 2.33. The second-order valence-electron chi connectivity index (χ2n) is 5.22. The van der Waals surface area contributed by atoms with Crippen LogP contribution in [0.15, 0.2) is 0 Å². The number of nitrogens with zero attached hydrogens (tertiary/aromatic N) is 1. The molecule has 19 heavy (non-hydrogen) atoms. The van der Waals surface area contributed by atoms with Crippen molar-refractivity contribution in [3.8, 4) is 0 Å². The Kier molecular flexibility index (Phi) is 7.10. The molecule has 1 heterocycles. The fourth-order valence-electron chi connectivity index (χ4n) is 2.48. The lowest BCUT2D eigenvalue weighted by molar-refractivity contribution is -0.185. The van der Waals surface area contributed by atoms with Gasteiger partial charge in [-0.1, -0.05) is 6.92 Å². The molecule has 0 aromatic rings. The van der Waals surface area contributed by atoms with Gasteiger partial charge in [0.15, 0.2) is 0 Å². The summed E-state index contributed by atoms with van der Waals surface area (Å²) in [6.45, 7) is 5.41. The number of alkyl halides is 3. The van der Waals surface area contributed by atoms with Crippen molar-refractivity contribution in [1.82, 2.24) is 10.2 Å². The average molecular weight is 282 g/mol. The number of nitrogens with one attached hydrogen (secondary N) is 1. The largest absolute Gasteiger partial charge is 0.391 e. The fourth-order valence-corrected chi connectivity index (χ4v) is 2.48. The minimum absolute atomic E-state index is 0.201. The third-order valence-corrected chi connectivity index (χ3v) is 3.58. The molecular weight excluding hydrogens is 257 g/mol. The summed E-state index contributed by atoms with van der Waals surface area (Å²) in [5.74, 6) is -1.12. The Morgan fingerprint density at radius 1 is 1.32 bits per heavy atom. The summed E-state index contributed by atoms with van der Waals surface area (Å²) >= 11 is 0. The van der Waals surface area contributed by atoms with Crippen molar-refractivity contribution in [1.29, 1.82) is 0 Å². The molecule has 0 aromatic carbocycles. The average Bonchev–Trinajstić information content (AvgIpc) is 2.36. The molecular formula is C13H25F3N2O. The molecule has 114 valence electrons. The van der Waals surface area contributed by atoms with Crippen molar-refractivity contribution in [2.24, 2.45) is 5.92 Å². The summed E-state index contributed by atoms with van der Waals surface area (Å²) in [6.07, 6.45) is -2.55. The number of ether oxygens (including phenoxy) is 1. The van der Waals surface area contributed by atoms with Gasteiger partial charge in [-0.05, 0) is 38.9 Å². The van der Waals surface area contributed by atoms with E-state index in [0.717, 1.165) is 19.5 Å². The normalized spacial score (nSPS) is 20.7. The maximum Gasteiger partial charge on any atom is 0.391 e. The van der Waals surface area contributed by atoms with Gasteiger partial charge in [-0.2, -0.15) is 13.2 Å². The van der Waals surface area contributed by atoms with Gasteiger partial charge < -0.3 is 15.0 Å². The van der Waals surface area contributed by atoms with Crippen LogP contribution in [-0.4, -0.2) is 57.0 Å². The van der Waals surface area contributed by atoms with Gasteiger partial charge in [-0.15, -0.1) is 0 Å². The molecule has 1 saturated heterocycles. The summed E-state index contributed by atoms with van der Waals surface area (Å²) in [7, 11) is 1.65. The third kappa shape index (κ3) is 6.10. The van der Waals surface area contributed by atoms with Gasteiger partial charge in [0.2, 0.25) is 0 Å². The van der Waals surface area contributed by atoms with E-state index in [9.17, 15) is 13.2 Å². The molecule has 0 radical (unpaired) electrons. The Morgan fingerprint density at radius 2 is 1.95 bits per heavy atom. The van der Waals surface area contributed by atoms with Crippen LogP contribution in [0, 0.1) is 5.92 Å². The number of hydrogen-bond acceptors (Lipinski definition) is 3. The van der Waals surface area contributed by atoms with Crippen LogP contribution in [0.4, 0.5) is 13.2 Å². The van der Waals surface area contributed by atoms with Crippen LogP contribution in [0.1, 0.15) is 26.2 Å². The van der Waals surface area contributed by atoms with E-state index >= 15 is 0 Å².